The predicted octanol–water partition coefficient (Wildman–Crippen LogP) is 18.4. The van der Waals surface area contributed by atoms with Gasteiger partial charge in [-0.15, -0.1) is 0 Å². The fourth-order valence-electron chi connectivity index (χ4n) is 10.1. The van der Waals surface area contributed by atoms with Gasteiger partial charge in [-0.1, -0.05) is 146 Å². The highest BCUT2D eigenvalue weighted by Crippen LogP contribution is 2.43. The zero-order valence-electron chi connectivity index (χ0n) is 41.4. The van der Waals surface area contributed by atoms with Gasteiger partial charge in [-0.3, -0.25) is 0 Å². The first-order chi connectivity index (χ1) is 37.2. The van der Waals surface area contributed by atoms with Crippen molar-refractivity contribution in [3.8, 4) is 95.7 Å². The van der Waals surface area contributed by atoms with Crippen molar-refractivity contribution in [2.75, 3.05) is 0 Å². The minimum absolute atomic E-state index is 0.363. The van der Waals surface area contributed by atoms with E-state index in [-0.39, 0.29) is 0 Å². The van der Waals surface area contributed by atoms with Gasteiger partial charge in [0.25, 0.3) is 0 Å². The van der Waals surface area contributed by atoms with Crippen molar-refractivity contribution >= 4 is 21.8 Å². The molecular weight excluding hydrogens is 977 g/mol. The normalized spacial score (nSPS) is 11.9. The number of hydrogen-bond donors (Lipinski definition) is 0. The summed E-state index contributed by atoms with van der Waals surface area (Å²) < 4.78 is 87.9. The monoisotopic (exact) mass is 1020 g/mol. The molecule has 5 nitrogen and oxygen atoms in total. The molecule has 374 valence electrons. The van der Waals surface area contributed by atoms with E-state index in [0.717, 1.165) is 57.9 Å². The van der Waals surface area contributed by atoms with Gasteiger partial charge in [0.15, 0.2) is 11.6 Å². The SMILES string of the molecule is Cc1cc(-c2ccc3c(c2)c2cc(-c4cc(C)cc(C(F)(F)F)c4)ccc2n3-c2ccc(-c3nc(-c4ccccc4)cc(-c4ccccc4)n3)cc2-c2nc(-c3ccccc3)cc(-c3ccccc3)n2)cc(C(F)(F)F)c1. The van der Waals surface area contributed by atoms with Crippen LogP contribution in [0.4, 0.5) is 26.3 Å². The van der Waals surface area contributed by atoms with Gasteiger partial charge in [-0.2, -0.15) is 26.3 Å². The Morgan fingerprint density at radius 2 is 0.675 bits per heavy atom. The molecule has 11 heteroatoms. The van der Waals surface area contributed by atoms with Crippen LogP contribution in [0.1, 0.15) is 22.3 Å². The molecule has 0 unspecified atom stereocenters. The summed E-state index contributed by atoms with van der Waals surface area (Å²) in [5.74, 6) is 0.830. The number of alkyl halides is 6. The number of aryl methyl sites for hydroxylation is 2. The van der Waals surface area contributed by atoms with E-state index in [0.29, 0.717) is 95.0 Å². The highest BCUT2D eigenvalue weighted by Gasteiger charge is 2.32. The van der Waals surface area contributed by atoms with Gasteiger partial charge in [0.2, 0.25) is 0 Å². The van der Waals surface area contributed by atoms with Crippen molar-refractivity contribution < 1.29 is 26.3 Å². The van der Waals surface area contributed by atoms with Gasteiger partial charge in [-0.05, 0) is 126 Å². The molecule has 77 heavy (non-hydrogen) atoms. The lowest BCUT2D eigenvalue weighted by molar-refractivity contribution is -0.138. The number of benzene rings is 9. The minimum Gasteiger partial charge on any atom is -0.308 e. The fraction of sp³-hybridized carbons (Fsp3) is 0.0606. The maximum Gasteiger partial charge on any atom is 0.416 e. The van der Waals surface area contributed by atoms with Gasteiger partial charge in [-0.25, -0.2) is 19.9 Å². The van der Waals surface area contributed by atoms with Crippen LogP contribution in [0.25, 0.3) is 118 Å². The minimum atomic E-state index is -4.58. The van der Waals surface area contributed by atoms with Gasteiger partial charge < -0.3 is 4.57 Å². The highest BCUT2D eigenvalue weighted by atomic mass is 19.4. The zero-order valence-corrected chi connectivity index (χ0v) is 41.4. The van der Waals surface area contributed by atoms with Crippen LogP contribution in [0.5, 0.6) is 0 Å². The van der Waals surface area contributed by atoms with E-state index in [2.05, 4.69) is 4.57 Å². The molecule has 0 aliphatic carbocycles. The smallest absolute Gasteiger partial charge is 0.308 e. The number of hydrogen-bond acceptors (Lipinski definition) is 4. The standard InChI is InChI=1S/C66H43F6N5/c1-40-29-49(33-51(31-40)65(67,68)69)46-23-26-60-53(35-46)54-36-47(50-30-41(2)32-52(34-50)66(70,71)72)24-27-61(54)77(60)62-28-25-48(63-73-56(42-15-7-3-8-16-42)38-57(74-63)43-17-9-4-10-18-43)37-55(62)64-75-58(44-19-11-5-12-20-44)39-59(76-64)45-21-13-6-14-22-45/h3-39H,1-2H3. The molecule has 12 aromatic rings. The Bertz CT molecular complexity index is 3960. The topological polar surface area (TPSA) is 56.5 Å². The molecule has 0 N–H and O–H groups in total. The summed E-state index contributed by atoms with van der Waals surface area (Å²) in [4.78, 5) is 21.0. The van der Waals surface area contributed by atoms with E-state index in [4.69, 9.17) is 19.9 Å². The Hall–Kier alpha value is -9.48. The van der Waals surface area contributed by atoms with Crippen molar-refractivity contribution in [3.63, 3.8) is 0 Å². The summed E-state index contributed by atoms with van der Waals surface area (Å²) in [6.45, 7) is 3.25. The molecule has 3 heterocycles. The maximum absolute atomic E-state index is 14.3. The summed E-state index contributed by atoms with van der Waals surface area (Å²) in [6, 6.07) is 68.3. The molecule has 0 spiro atoms. The second kappa shape index (κ2) is 19.3. The number of aromatic nitrogens is 5. The van der Waals surface area contributed by atoms with Crippen molar-refractivity contribution in [3.05, 3.63) is 247 Å². The van der Waals surface area contributed by atoms with Gasteiger partial charge in [0.05, 0.1) is 50.6 Å². The fourth-order valence-corrected chi connectivity index (χ4v) is 10.1. The van der Waals surface area contributed by atoms with Crippen LogP contribution in [-0.2, 0) is 12.4 Å². The zero-order chi connectivity index (χ0) is 53.0. The summed E-state index contributed by atoms with van der Waals surface area (Å²) >= 11 is 0. The van der Waals surface area contributed by atoms with Crippen LogP contribution in [0.15, 0.2) is 224 Å². The molecule has 0 aliphatic heterocycles. The third-order valence-corrected chi connectivity index (χ3v) is 13.7. The first kappa shape index (κ1) is 48.5. The van der Waals surface area contributed by atoms with Crippen LogP contribution in [0, 0.1) is 13.8 Å². The number of rotatable bonds is 9. The van der Waals surface area contributed by atoms with E-state index in [1.165, 1.54) is 0 Å². The Kier molecular flexibility index (Phi) is 12.2. The first-order valence-electron chi connectivity index (χ1n) is 24.8. The van der Waals surface area contributed by atoms with Gasteiger partial charge in [0, 0.05) is 44.2 Å². The quantitative estimate of drug-likeness (QED) is 0.135. The van der Waals surface area contributed by atoms with Gasteiger partial charge >= 0.3 is 12.4 Å². The molecule has 0 fully saturated rings. The average Bonchev–Trinajstić information content (AvgIpc) is 3.99. The molecule has 0 saturated carbocycles. The van der Waals surface area contributed by atoms with E-state index >= 15 is 0 Å². The molecule has 12 rings (SSSR count). The Balaban J connectivity index is 1.15. The lowest BCUT2D eigenvalue weighted by Gasteiger charge is -2.17. The Labute approximate surface area is 439 Å². The summed E-state index contributed by atoms with van der Waals surface area (Å²) in [6.07, 6.45) is -9.17. The third-order valence-electron chi connectivity index (χ3n) is 13.7. The summed E-state index contributed by atoms with van der Waals surface area (Å²) in [5.41, 5.74) is 10.7. The van der Waals surface area contributed by atoms with E-state index in [9.17, 15) is 26.3 Å². The van der Waals surface area contributed by atoms with Crippen molar-refractivity contribution in [2.45, 2.75) is 26.2 Å². The van der Waals surface area contributed by atoms with Crippen LogP contribution in [0.2, 0.25) is 0 Å². The number of nitrogens with zero attached hydrogens (tertiary/aromatic N) is 5. The van der Waals surface area contributed by atoms with Crippen LogP contribution >= 0.6 is 0 Å². The Morgan fingerprint density at radius 3 is 1.05 bits per heavy atom. The molecule has 0 radical (unpaired) electrons. The summed E-state index contributed by atoms with van der Waals surface area (Å²) in [7, 11) is 0. The van der Waals surface area contributed by atoms with E-state index in [1.54, 1.807) is 38.1 Å². The second-order valence-electron chi connectivity index (χ2n) is 19.1. The van der Waals surface area contributed by atoms with E-state index in [1.807, 2.05) is 176 Å². The lowest BCUT2D eigenvalue weighted by Crippen LogP contribution is -2.05. The summed E-state index contributed by atoms with van der Waals surface area (Å²) in [5, 5.41) is 1.31. The van der Waals surface area contributed by atoms with Crippen LogP contribution in [-0.4, -0.2) is 24.5 Å². The van der Waals surface area contributed by atoms with Crippen molar-refractivity contribution in [1.82, 2.24) is 24.5 Å². The average molecular weight is 1020 g/mol. The molecule has 9 aromatic carbocycles. The first-order valence-corrected chi connectivity index (χ1v) is 24.8. The number of fused-ring (bicyclic) bond motifs is 3. The van der Waals surface area contributed by atoms with E-state index < -0.39 is 23.5 Å². The van der Waals surface area contributed by atoms with Crippen LogP contribution < -0.4 is 0 Å². The van der Waals surface area contributed by atoms with Crippen molar-refractivity contribution in [1.29, 1.82) is 0 Å². The maximum atomic E-state index is 14.3. The molecule has 0 atom stereocenters. The molecule has 0 aliphatic rings. The van der Waals surface area contributed by atoms with Crippen molar-refractivity contribution in [2.24, 2.45) is 0 Å². The largest absolute Gasteiger partial charge is 0.416 e. The molecule has 0 saturated heterocycles. The lowest BCUT2D eigenvalue weighted by atomic mass is 9.96. The second-order valence-corrected chi connectivity index (χ2v) is 19.1. The molecular formula is C66H43F6N5. The van der Waals surface area contributed by atoms with Gasteiger partial charge in [0.1, 0.15) is 0 Å². The third kappa shape index (κ3) is 9.64. The molecule has 0 bridgehead atoms. The number of halogens is 6. The predicted molar refractivity (Wildman–Crippen MR) is 295 cm³/mol. The Morgan fingerprint density at radius 1 is 0.312 bits per heavy atom. The highest BCUT2D eigenvalue weighted by molar-refractivity contribution is 6.12. The van der Waals surface area contributed by atoms with Crippen LogP contribution in [0.3, 0.4) is 0 Å². The molecule has 3 aromatic heterocycles. The molecule has 0 amide bonds.